The molecule has 0 fully saturated rings. The summed E-state index contributed by atoms with van der Waals surface area (Å²) in [5.74, 6) is 0.0554. The van der Waals surface area contributed by atoms with Crippen molar-refractivity contribution in [2.75, 3.05) is 11.5 Å². The van der Waals surface area contributed by atoms with E-state index in [-0.39, 0.29) is 11.5 Å². The van der Waals surface area contributed by atoms with Crippen LogP contribution in [-0.2, 0) is 13.1 Å². The number of nitrogens with two attached hydrogens (primary N) is 2. The lowest BCUT2D eigenvalue weighted by molar-refractivity contribution is 0.566. The van der Waals surface area contributed by atoms with Crippen LogP contribution in [0.1, 0.15) is 20.3 Å². The Morgan fingerprint density at radius 1 is 1.13 bits per heavy atom. The molecule has 0 aliphatic heterocycles. The van der Waals surface area contributed by atoms with Crippen molar-refractivity contribution in [2.24, 2.45) is 0 Å². The summed E-state index contributed by atoms with van der Waals surface area (Å²) < 4.78 is 2.42. The highest BCUT2D eigenvalue weighted by Crippen LogP contribution is 2.05. The highest BCUT2D eigenvalue weighted by molar-refractivity contribution is 5.56. The molecule has 84 valence electrons. The van der Waals surface area contributed by atoms with Crippen LogP contribution < -0.4 is 22.7 Å². The first-order chi connectivity index (χ1) is 7.04. The molecule has 0 saturated heterocycles. The Labute approximate surface area is 87.1 Å². The van der Waals surface area contributed by atoms with Crippen molar-refractivity contribution in [1.82, 2.24) is 9.13 Å². The third kappa shape index (κ3) is 1.74. The third-order valence-corrected chi connectivity index (χ3v) is 2.27. The van der Waals surface area contributed by atoms with Crippen molar-refractivity contribution >= 4 is 11.5 Å². The highest BCUT2D eigenvalue weighted by atomic mass is 16.2. The van der Waals surface area contributed by atoms with Crippen LogP contribution in [0.15, 0.2) is 9.59 Å². The summed E-state index contributed by atoms with van der Waals surface area (Å²) in [4.78, 5) is 23.4. The molecule has 0 spiro atoms. The molecule has 0 unspecified atom stereocenters. The van der Waals surface area contributed by atoms with E-state index in [0.717, 1.165) is 4.57 Å². The van der Waals surface area contributed by atoms with Gasteiger partial charge >= 0.3 is 5.69 Å². The Morgan fingerprint density at radius 3 is 2.20 bits per heavy atom. The van der Waals surface area contributed by atoms with Gasteiger partial charge in [0.2, 0.25) is 0 Å². The molecule has 0 atom stereocenters. The van der Waals surface area contributed by atoms with Crippen molar-refractivity contribution in [3.05, 3.63) is 20.8 Å². The first-order valence-corrected chi connectivity index (χ1v) is 4.93. The second-order valence-electron chi connectivity index (χ2n) is 3.28. The minimum Gasteiger partial charge on any atom is -0.391 e. The quantitative estimate of drug-likeness (QED) is 0.712. The first-order valence-electron chi connectivity index (χ1n) is 4.93. The van der Waals surface area contributed by atoms with E-state index in [4.69, 9.17) is 11.5 Å². The molecule has 0 aliphatic rings. The maximum Gasteiger partial charge on any atom is 0.332 e. The van der Waals surface area contributed by atoms with Crippen molar-refractivity contribution in [3.63, 3.8) is 0 Å². The standard InChI is InChI=1S/C9H16N4O2/c1-3-5-13-8(14)6(10)7(11)12(4-2)9(13)15/h3-5,10-11H2,1-2H3. The molecule has 0 saturated carbocycles. The lowest BCUT2D eigenvalue weighted by Gasteiger charge is -2.12. The molecule has 4 N–H and O–H groups in total. The van der Waals surface area contributed by atoms with E-state index in [0.29, 0.717) is 19.5 Å². The molecular formula is C9H16N4O2. The first kappa shape index (κ1) is 11.4. The number of aromatic nitrogens is 2. The summed E-state index contributed by atoms with van der Waals surface area (Å²) in [7, 11) is 0. The molecule has 1 aromatic rings. The van der Waals surface area contributed by atoms with Gasteiger partial charge in [-0.25, -0.2) is 4.79 Å². The average Bonchev–Trinajstić information content (AvgIpc) is 2.22. The Bertz CT molecular complexity index is 472. The van der Waals surface area contributed by atoms with Crippen LogP contribution >= 0.6 is 0 Å². The number of hydrogen-bond acceptors (Lipinski definition) is 4. The molecule has 0 aliphatic carbocycles. The summed E-state index contributed by atoms with van der Waals surface area (Å²) >= 11 is 0. The Balaban J connectivity index is 3.61. The van der Waals surface area contributed by atoms with Crippen LogP contribution in [0.25, 0.3) is 0 Å². The van der Waals surface area contributed by atoms with Gasteiger partial charge in [0, 0.05) is 13.1 Å². The van der Waals surface area contributed by atoms with Gasteiger partial charge in [-0.1, -0.05) is 6.92 Å². The van der Waals surface area contributed by atoms with Crippen LogP contribution in [0.4, 0.5) is 11.5 Å². The lowest BCUT2D eigenvalue weighted by Crippen LogP contribution is -2.42. The number of hydrogen-bond donors (Lipinski definition) is 2. The molecule has 6 nitrogen and oxygen atoms in total. The zero-order valence-corrected chi connectivity index (χ0v) is 8.99. The van der Waals surface area contributed by atoms with Crippen molar-refractivity contribution in [2.45, 2.75) is 33.4 Å². The zero-order valence-electron chi connectivity index (χ0n) is 8.99. The lowest BCUT2D eigenvalue weighted by atomic mass is 10.4. The van der Waals surface area contributed by atoms with Gasteiger partial charge in [0.05, 0.1) is 0 Å². The van der Waals surface area contributed by atoms with E-state index >= 15 is 0 Å². The normalized spacial score (nSPS) is 10.5. The van der Waals surface area contributed by atoms with Crippen molar-refractivity contribution in [3.8, 4) is 0 Å². The third-order valence-electron chi connectivity index (χ3n) is 2.27. The van der Waals surface area contributed by atoms with Crippen molar-refractivity contribution in [1.29, 1.82) is 0 Å². The zero-order chi connectivity index (χ0) is 11.6. The number of nitrogens with zero attached hydrogens (tertiary/aromatic N) is 2. The molecule has 0 radical (unpaired) electrons. The van der Waals surface area contributed by atoms with Gasteiger partial charge < -0.3 is 11.5 Å². The van der Waals surface area contributed by atoms with Crippen LogP contribution in [-0.4, -0.2) is 9.13 Å². The van der Waals surface area contributed by atoms with Gasteiger partial charge in [-0.05, 0) is 13.3 Å². The number of anilines is 2. The van der Waals surface area contributed by atoms with E-state index in [1.165, 1.54) is 4.57 Å². The van der Waals surface area contributed by atoms with E-state index in [1.54, 1.807) is 6.92 Å². The monoisotopic (exact) mass is 212 g/mol. The molecule has 0 aromatic carbocycles. The van der Waals surface area contributed by atoms with Crippen LogP contribution in [0, 0.1) is 0 Å². The maximum absolute atomic E-state index is 11.8. The fourth-order valence-electron chi connectivity index (χ4n) is 1.46. The van der Waals surface area contributed by atoms with Crippen LogP contribution in [0.2, 0.25) is 0 Å². The van der Waals surface area contributed by atoms with Gasteiger partial charge in [-0.3, -0.25) is 13.9 Å². The predicted octanol–water partition coefficient (Wildman–Crippen LogP) is -0.396. The van der Waals surface area contributed by atoms with E-state index < -0.39 is 11.2 Å². The minimum atomic E-state index is -0.496. The summed E-state index contributed by atoms with van der Waals surface area (Å²) in [6.45, 7) is 4.42. The van der Waals surface area contributed by atoms with Gasteiger partial charge in [0.15, 0.2) is 0 Å². The minimum absolute atomic E-state index is 0.0510. The summed E-state index contributed by atoms with van der Waals surface area (Å²) in [6.07, 6.45) is 0.697. The summed E-state index contributed by atoms with van der Waals surface area (Å²) in [6, 6.07) is 0. The Morgan fingerprint density at radius 2 is 1.73 bits per heavy atom. The van der Waals surface area contributed by atoms with Gasteiger partial charge in [0.1, 0.15) is 11.5 Å². The number of nitrogen functional groups attached to an aromatic ring is 2. The molecule has 1 heterocycles. The predicted molar refractivity (Wildman–Crippen MR) is 59.8 cm³/mol. The molecule has 6 heteroatoms. The average molecular weight is 212 g/mol. The van der Waals surface area contributed by atoms with E-state index in [2.05, 4.69) is 0 Å². The molecule has 0 bridgehead atoms. The molecule has 1 rings (SSSR count). The second kappa shape index (κ2) is 4.20. The fourth-order valence-corrected chi connectivity index (χ4v) is 1.46. The van der Waals surface area contributed by atoms with E-state index in [1.807, 2.05) is 6.92 Å². The molecule has 1 aromatic heterocycles. The van der Waals surface area contributed by atoms with E-state index in [9.17, 15) is 9.59 Å². The van der Waals surface area contributed by atoms with Crippen LogP contribution in [0.3, 0.4) is 0 Å². The van der Waals surface area contributed by atoms with Crippen molar-refractivity contribution < 1.29 is 0 Å². The Hall–Kier alpha value is -1.72. The summed E-state index contributed by atoms with van der Waals surface area (Å²) in [5, 5.41) is 0. The van der Waals surface area contributed by atoms with Crippen LogP contribution in [0.5, 0.6) is 0 Å². The summed E-state index contributed by atoms with van der Waals surface area (Å²) in [5.41, 5.74) is 10.2. The highest BCUT2D eigenvalue weighted by Gasteiger charge is 2.12. The largest absolute Gasteiger partial charge is 0.391 e. The smallest absolute Gasteiger partial charge is 0.332 e. The topological polar surface area (TPSA) is 96.0 Å². The fraction of sp³-hybridized carbons (Fsp3) is 0.556. The SMILES string of the molecule is CCCn1c(=O)c(N)c(N)n(CC)c1=O. The maximum atomic E-state index is 11.8. The van der Waals surface area contributed by atoms with Gasteiger partial charge in [-0.2, -0.15) is 0 Å². The second-order valence-corrected chi connectivity index (χ2v) is 3.28. The van der Waals surface area contributed by atoms with Gasteiger partial charge in [0.25, 0.3) is 5.56 Å². The van der Waals surface area contributed by atoms with Gasteiger partial charge in [-0.15, -0.1) is 0 Å². The Kier molecular flexibility index (Phi) is 3.18. The molecule has 0 amide bonds. The number of rotatable bonds is 3. The molecular weight excluding hydrogens is 196 g/mol. The molecule has 15 heavy (non-hydrogen) atoms.